The Morgan fingerprint density at radius 3 is 2.57 bits per heavy atom. The minimum Gasteiger partial charge on any atom is -0.493 e. The average molecular weight is 464 g/mol. The molecule has 0 atom stereocenters. The smallest absolute Gasteiger partial charge is 0.255 e. The van der Waals surface area contributed by atoms with Crippen molar-refractivity contribution >= 4 is 22.4 Å². The molecule has 0 spiro atoms. The molecule has 5 aromatic rings. The first-order chi connectivity index (χ1) is 17.2. The molecule has 6 heteroatoms. The van der Waals surface area contributed by atoms with E-state index >= 15 is 0 Å². The fraction of sp³-hybridized carbons (Fsp3) is 0.103. The van der Waals surface area contributed by atoms with Crippen molar-refractivity contribution in [3.63, 3.8) is 0 Å². The van der Waals surface area contributed by atoms with E-state index < -0.39 is 0 Å². The Labute approximate surface area is 203 Å². The zero-order valence-corrected chi connectivity index (χ0v) is 19.3. The summed E-state index contributed by atoms with van der Waals surface area (Å²) in [4.78, 5) is 12.9. The number of hydrogen-bond donors (Lipinski definition) is 1. The average Bonchev–Trinajstić information content (AvgIpc) is 3.34. The number of amides is 1. The van der Waals surface area contributed by atoms with E-state index in [-0.39, 0.29) is 5.91 Å². The van der Waals surface area contributed by atoms with E-state index in [1.54, 1.807) is 19.4 Å². The Balaban J connectivity index is 1.24. The second-order valence-electron chi connectivity index (χ2n) is 8.16. The van der Waals surface area contributed by atoms with Crippen LogP contribution in [-0.2, 0) is 13.2 Å². The third kappa shape index (κ3) is 5.17. The van der Waals surface area contributed by atoms with Gasteiger partial charge in [0.25, 0.3) is 5.91 Å². The molecule has 0 aliphatic heterocycles. The number of benzene rings is 4. The lowest BCUT2D eigenvalue weighted by molar-refractivity contribution is 0.102. The van der Waals surface area contributed by atoms with Crippen LogP contribution in [0.3, 0.4) is 0 Å². The highest BCUT2D eigenvalue weighted by molar-refractivity contribution is 6.04. The van der Waals surface area contributed by atoms with Gasteiger partial charge in [0.2, 0.25) is 0 Å². The summed E-state index contributed by atoms with van der Waals surface area (Å²) in [6.07, 6.45) is 3.51. The first-order valence-corrected chi connectivity index (χ1v) is 11.3. The normalized spacial score (nSPS) is 10.8. The number of carbonyl (C=O) groups is 1. The lowest BCUT2D eigenvalue weighted by atomic mass is 10.0. The van der Waals surface area contributed by atoms with Gasteiger partial charge in [-0.1, -0.05) is 66.7 Å². The Hall–Kier alpha value is -4.58. The molecule has 0 aliphatic carbocycles. The predicted octanol–water partition coefficient (Wildman–Crippen LogP) is 5.92. The van der Waals surface area contributed by atoms with Gasteiger partial charge in [-0.05, 0) is 46.2 Å². The van der Waals surface area contributed by atoms with Crippen LogP contribution in [0.4, 0.5) is 5.69 Å². The molecule has 0 unspecified atom stereocenters. The number of aromatic nitrogens is 2. The zero-order chi connectivity index (χ0) is 24.0. The Morgan fingerprint density at radius 2 is 1.69 bits per heavy atom. The number of carbonyl (C=O) groups excluding carboxylic acids is 1. The predicted molar refractivity (Wildman–Crippen MR) is 137 cm³/mol. The number of para-hydroxylation sites is 2. The van der Waals surface area contributed by atoms with E-state index in [0.29, 0.717) is 35.9 Å². The molecule has 0 saturated carbocycles. The summed E-state index contributed by atoms with van der Waals surface area (Å²) >= 11 is 0. The first-order valence-electron chi connectivity index (χ1n) is 11.3. The van der Waals surface area contributed by atoms with Crippen LogP contribution in [0.2, 0.25) is 0 Å². The lowest BCUT2D eigenvalue weighted by Gasteiger charge is -2.11. The van der Waals surface area contributed by atoms with Crippen LogP contribution in [-0.4, -0.2) is 22.8 Å². The number of anilines is 1. The molecular formula is C29H25N3O3. The molecule has 0 aliphatic rings. The highest BCUT2D eigenvalue weighted by atomic mass is 16.5. The molecule has 1 N–H and O–H groups in total. The SMILES string of the molecule is COc1ccccc1OCc1cccc(C(=O)Nc2cnn(Cc3cccc4ccccc34)c2)c1. The summed E-state index contributed by atoms with van der Waals surface area (Å²) in [5.41, 5.74) is 3.25. The van der Waals surface area contributed by atoms with Gasteiger partial charge in [0.1, 0.15) is 6.61 Å². The third-order valence-electron chi connectivity index (χ3n) is 5.76. The van der Waals surface area contributed by atoms with Gasteiger partial charge in [-0.15, -0.1) is 0 Å². The minimum absolute atomic E-state index is 0.200. The minimum atomic E-state index is -0.200. The van der Waals surface area contributed by atoms with Crippen molar-refractivity contribution in [2.75, 3.05) is 12.4 Å². The molecule has 4 aromatic carbocycles. The molecule has 35 heavy (non-hydrogen) atoms. The van der Waals surface area contributed by atoms with Crippen LogP contribution in [0.25, 0.3) is 10.8 Å². The van der Waals surface area contributed by atoms with Crippen molar-refractivity contribution in [3.8, 4) is 11.5 Å². The largest absolute Gasteiger partial charge is 0.493 e. The number of methoxy groups -OCH3 is 1. The summed E-state index contributed by atoms with van der Waals surface area (Å²) in [6.45, 7) is 0.942. The van der Waals surface area contributed by atoms with E-state index in [1.165, 1.54) is 16.3 Å². The van der Waals surface area contributed by atoms with Gasteiger partial charge in [-0.25, -0.2) is 0 Å². The molecule has 0 fully saturated rings. The molecule has 1 heterocycles. The summed E-state index contributed by atoms with van der Waals surface area (Å²) in [5, 5.41) is 9.76. The maximum atomic E-state index is 12.9. The Morgan fingerprint density at radius 1 is 0.914 bits per heavy atom. The maximum Gasteiger partial charge on any atom is 0.255 e. The van der Waals surface area contributed by atoms with E-state index in [2.05, 4.69) is 40.7 Å². The summed E-state index contributed by atoms with van der Waals surface area (Å²) in [6, 6.07) is 29.4. The van der Waals surface area contributed by atoms with Crippen molar-refractivity contribution < 1.29 is 14.3 Å². The molecule has 174 valence electrons. The van der Waals surface area contributed by atoms with Crippen LogP contribution in [0, 0.1) is 0 Å². The molecule has 5 rings (SSSR count). The van der Waals surface area contributed by atoms with Crippen LogP contribution in [0.5, 0.6) is 11.5 Å². The molecule has 1 amide bonds. The topological polar surface area (TPSA) is 65.4 Å². The number of rotatable bonds is 8. The number of fused-ring (bicyclic) bond motifs is 1. The van der Waals surface area contributed by atoms with Crippen molar-refractivity contribution in [2.24, 2.45) is 0 Å². The van der Waals surface area contributed by atoms with Crippen LogP contribution in [0.1, 0.15) is 21.5 Å². The summed E-state index contributed by atoms with van der Waals surface area (Å²) in [5.74, 6) is 1.12. The van der Waals surface area contributed by atoms with Gasteiger partial charge in [0.15, 0.2) is 11.5 Å². The second-order valence-corrected chi connectivity index (χ2v) is 8.16. The van der Waals surface area contributed by atoms with E-state index in [1.807, 2.05) is 65.5 Å². The van der Waals surface area contributed by atoms with Gasteiger partial charge < -0.3 is 14.8 Å². The van der Waals surface area contributed by atoms with E-state index in [9.17, 15) is 4.79 Å². The molecule has 0 radical (unpaired) electrons. The number of hydrogen-bond acceptors (Lipinski definition) is 4. The highest BCUT2D eigenvalue weighted by Gasteiger charge is 2.10. The van der Waals surface area contributed by atoms with Crippen LogP contribution in [0.15, 0.2) is 103 Å². The van der Waals surface area contributed by atoms with Crippen molar-refractivity contribution in [1.82, 2.24) is 9.78 Å². The number of nitrogens with zero attached hydrogens (tertiary/aromatic N) is 2. The molecule has 6 nitrogen and oxygen atoms in total. The van der Waals surface area contributed by atoms with Crippen molar-refractivity contribution in [2.45, 2.75) is 13.2 Å². The van der Waals surface area contributed by atoms with Crippen molar-refractivity contribution in [3.05, 3.63) is 120 Å². The van der Waals surface area contributed by atoms with Gasteiger partial charge in [-0.3, -0.25) is 9.48 Å². The van der Waals surface area contributed by atoms with Gasteiger partial charge in [0, 0.05) is 11.8 Å². The fourth-order valence-electron chi connectivity index (χ4n) is 4.02. The van der Waals surface area contributed by atoms with E-state index in [4.69, 9.17) is 9.47 Å². The van der Waals surface area contributed by atoms with Crippen molar-refractivity contribution in [1.29, 1.82) is 0 Å². The van der Waals surface area contributed by atoms with Gasteiger partial charge >= 0.3 is 0 Å². The second kappa shape index (κ2) is 10.1. The third-order valence-corrected chi connectivity index (χ3v) is 5.76. The monoisotopic (exact) mass is 463 g/mol. The molecule has 1 aromatic heterocycles. The van der Waals surface area contributed by atoms with Gasteiger partial charge in [0.05, 0.1) is 25.5 Å². The van der Waals surface area contributed by atoms with Gasteiger partial charge in [-0.2, -0.15) is 5.10 Å². The number of ether oxygens (including phenoxy) is 2. The van der Waals surface area contributed by atoms with Crippen LogP contribution < -0.4 is 14.8 Å². The number of nitrogens with one attached hydrogen (secondary N) is 1. The zero-order valence-electron chi connectivity index (χ0n) is 19.3. The maximum absolute atomic E-state index is 12.9. The first kappa shape index (κ1) is 22.2. The molecule has 0 saturated heterocycles. The standard InChI is InChI=1S/C29H25N3O3/c1-34-27-14-4-5-15-28(27)35-20-21-8-6-11-23(16-21)29(33)31-25-17-30-32(19-25)18-24-12-7-10-22-9-2-3-13-26(22)24/h2-17,19H,18,20H2,1H3,(H,31,33). The molecular weight excluding hydrogens is 438 g/mol. The quantitative estimate of drug-likeness (QED) is 0.310. The summed E-state index contributed by atoms with van der Waals surface area (Å²) in [7, 11) is 1.61. The van der Waals surface area contributed by atoms with E-state index in [0.717, 1.165) is 5.56 Å². The lowest BCUT2D eigenvalue weighted by Crippen LogP contribution is -2.12. The summed E-state index contributed by atoms with van der Waals surface area (Å²) < 4.78 is 13.0. The highest BCUT2D eigenvalue weighted by Crippen LogP contribution is 2.27. The fourth-order valence-corrected chi connectivity index (χ4v) is 4.02. The van der Waals surface area contributed by atoms with Crippen LogP contribution >= 0.6 is 0 Å². The molecule has 0 bridgehead atoms. The Bertz CT molecular complexity index is 1470. The Kier molecular flexibility index (Phi) is 6.44.